The van der Waals surface area contributed by atoms with Crippen LogP contribution in [0.5, 0.6) is 0 Å². The lowest BCUT2D eigenvalue weighted by molar-refractivity contribution is 0.387. The molecule has 1 rings (SSSR count). The Bertz CT molecular complexity index is 244. The maximum atomic E-state index is 12.5. The number of rotatable bonds is 6. The van der Waals surface area contributed by atoms with Crippen LogP contribution >= 0.6 is 0 Å². The fourth-order valence-electron chi connectivity index (χ4n) is 2.94. The molecule has 0 radical (unpaired) electrons. The van der Waals surface area contributed by atoms with Gasteiger partial charge < -0.3 is 5.32 Å². The lowest BCUT2D eigenvalue weighted by Crippen LogP contribution is -2.34. The molecule has 3 heteroatoms. The summed E-state index contributed by atoms with van der Waals surface area (Å²) < 4.78 is 12.5. The predicted molar refractivity (Wildman–Crippen MR) is 76.8 cm³/mol. The van der Waals surface area contributed by atoms with Crippen LogP contribution in [0.25, 0.3) is 0 Å². The average Bonchev–Trinajstić information content (AvgIpc) is 2.28. The minimum absolute atomic E-state index is 0.333. The lowest BCUT2D eigenvalue weighted by atomic mass is 9.91. The quantitative estimate of drug-likeness (QED) is 0.794. The van der Waals surface area contributed by atoms with E-state index in [1.54, 1.807) is 0 Å². The van der Waals surface area contributed by atoms with E-state index in [1.807, 2.05) is 0 Å². The van der Waals surface area contributed by atoms with Gasteiger partial charge in [-0.3, -0.25) is 4.21 Å². The van der Waals surface area contributed by atoms with E-state index < -0.39 is 10.8 Å². The molecule has 0 aromatic rings. The van der Waals surface area contributed by atoms with Crippen molar-refractivity contribution in [2.45, 2.75) is 76.3 Å². The fraction of sp³-hybridized carbons (Fsp3) is 1.00. The third-order valence-corrected chi connectivity index (χ3v) is 5.92. The van der Waals surface area contributed by atoms with Gasteiger partial charge in [-0.15, -0.1) is 0 Å². The van der Waals surface area contributed by atoms with E-state index in [4.69, 9.17) is 0 Å². The van der Waals surface area contributed by atoms with Crippen LogP contribution in [-0.2, 0) is 10.8 Å². The largest absolute Gasteiger partial charge is 0.314 e. The van der Waals surface area contributed by atoms with Crippen molar-refractivity contribution in [3.8, 4) is 0 Å². The summed E-state index contributed by atoms with van der Waals surface area (Å²) in [7, 11) is -0.636. The van der Waals surface area contributed by atoms with Crippen molar-refractivity contribution < 1.29 is 4.21 Å². The second kappa shape index (κ2) is 7.52. The van der Waals surface area contributed by atoms with Gasteiger partial charge in [0.15, 0.2) is 0 Å². The minimum Gasteiger partial charge on any atom is -0.314 e. The average molecular weight is 259 g/mol. The summed E-state index contributed by atoms with van der Waals surface area (Å²) in [6, 6.07) is 0.486. The van der Waals surface area contributed by atoms with Crippen LogP contribution in [0.3, 0.4) is 0 Å². The van der Waals surface area contributed by atoms with Gasteiger partial charge in [-0.05, 0) is 38.6 Å². The molecule has 0 amide bonds. The monoisotopic (exact) mass is 259 g/mol. The summed E-state index contributed by atoms with van der Waals surface area (Å²) in [6.45, 7) is 9.78. The van der Waals surface area contributed by atoms with E-state index in [2.05, 4.69) is 33.0 Å². The molecule has 1 saturated carbocycles. The molecule has 0 aromatic heterocycles. The fourth-order valence-corrected chi connectivity index (χ4v) is 5.00. The molecule has 5 atom stereocenters. The van der Waals surface area contributed by atoms with Crippen LogP contribution in [-0.4, -0.2) is 27.3 Å². The maximum Gasteiger partial charge on any atom is 0.0353 e. The Hall–Kier alpha value is 0.110. The van der Waals surface area contributed by atoms with Crippen molar-refractivity contribution in [2.75, 3.05) is 6.54 Å². The Morgan fingerprint density at radius 1 is 1.35 bits per heavy atom. The third kappa shape index (κ3) is 5.09. The summed E-state index contributed by atoms with van der Waals surface area (Å²) in [5.41, 5.74) is 0. The standard InChI is InChI=1S/C14H29NOS/c1-5-15-12(3)10-13(4)17(16)14-8-6-7-11(2)9-14/h11-15H,5-10H2,1-4H3. The topological polar surface area (TPSA) is 29.1 Å². The van der Waals surface area contributed by atoms with Gasteiger partial charge in [0.25, 0.3) is 0 Å². The molecule has 0 heterocycles. The highest BCUT2D eigenvalue weighted by Crippen LogP contribution is 2.29. The second-order valence-corrected chi connectivity index (χ2v) is 7.86. The molecular weight excluding hydrogens is 230 g/mol. The van der Waals surface area contributed by atoms with Gasteiger partial charge in [0.2, 0.25) is 0 Å². The normalized spacial score (nSPS) is 30.8. The lowest BCUT2D eigenvalue weighted by Gasteiger charge is -2.29. The molecule has 102 valence electrons. The smallest absolute Gasteiger partial charge is 0.0353 e. The van der Waals surface area contributed by atoms with Gasteiger partial charge >= 0.3 is 0 Å². The summed E-state index contributed by atoms with van der Waals surface area (Å²) in [4.78, 5) is 0. The summed E-state index contributed by atoms with van der Waals surface area (Å²) >= 11 is 0. The van der Waals surface area contributed by atoms with Crippen molar-refractivity contribution >= 4 is 10.8 Å². The molecule has 0 spiro atoms. The van der Waals surface area contributed by atoms with E-state index in [0.717, 1.165) is 18.9 Å². The summed E-state index contributed by atoms with van der Waals surface area (Å²) in [5.74, 6) is 0.774. The number of hydrogen-bond donors (Lipinski definition) is 1. The molecule has 0 aliphatic heterocycles. The summed E-state index contributed by atoms with van der Waals surface area (Å²) in [6.07, 6.45) is 5.98. The second-order valence-electron chi connectivity index (χ2n) is 5.73. The van der Waals surface area contributed by atoms with Gasteiger partial charge in [0, 0.05) is 27.3 Å². The third-order valence-electron chi connectivity index (χ3n) is 3.85. The highest BCUT2D eigenvalue weighted by Gasteiger charge is 2.27. The Morgan fingerprint density at radius 3 is 2.65 bits per heavy atom. The van der Waals surface area contributed by atoms with Crippen LogP contribution in [0.4, 0.5) is 0 Å². The molecule has 1 aliphatic carbocycles. The Labute approximate surface area is 109 Å². The molecule has 17 heavy (non-hydrogen) atoms. The van der Waals surface area contributed by atoms with Gasteiger partial charge in [0.05, 0.1) is 0 Å². The first kappa shape index (κ1) is 15.2. The Kier molecular flexibility index (Phi) is 6.71. The zero-order chi connectivity index (χ0) is 12.8. The van der Waals surface area contributed by atoms with E-state index in [0.29, 0.717) is 16.5 Å². The zero-order valence-corrected chi connectivity index (χ0v) is 12.7. The molecule has 0 aromatic carbocycles. The molecular formula is C14H29NOS. The first-order valence-electron chi connectivity index (χ1n) is 7.17. The van der Waals surface area contributed by atoms with Crippen LogP contribution in [0.2, 0.25) is 0 Å². The number of nitrogens with one attached hydrogen (secondary N) is 1. The van der Waals surface area contributed by atoms with Crippen molar-refractivity contribution in [2.24, 2.45) is 5.92 Å². The van der Waals surface area contributed by atoms with Crippen LogP contribution in [0.15, 0.2) is 0 Å². The van der Waals surface area contributed by atoms with Gasteiger partial charge in [-0.25, -0.2) is 0 Å². The molecule has 1 fully saturated rings. The highest BCUT2D eigenvalue weighted by molar-refractivity contribution is 7.86. The van der Waals surface area contributed by atoms with Crippen LogP contribution in [0, 0.1) is 5.92 Å². The maximum absolute atomic E-state index is 12.5. The first-order chi connectivity index (χ1) is 8.04. The van der Waals surface area contributed by atoms with Crippen LogP contribution < -0.4 is 5.32 Å². The molecule has 1 aliphatic rings. The molecule has 0 saturated heterocycles. The van der Waals surface area contributed by atoms with Crippen molar-refractivity contribution in [1.29, 1.82) is 0 Å². The van der Waals surface area contributed by atoms with Gasteiger partial charge in [-0.2, -0.15) is 0 Å². The SMILES string of the molecule is CCNC(C)CC(C)S(=O)C1CCCC(C)C1. The van der Waals surface area contributed by atoms with Crippen molar-refractivity contribution in [3.63, 3.8) is 0 Å². The van der Waals surface area contributed by atoms with Crippen molar-refractivity contribution in [1.82, 2.24) is 5.32 Å². The first-order valence-corrected chi connectivity index (χ1v) is 8.45. The Balaban J connectivity index is 2.39. The molecule has 5 unspecified atom stereocenters. The van der Waals surface area contributed by atoms with Gasteiger partial charge in [0.1, 0.15) is 0 Å². The van der Waals surface area contributed by atoms with Crippen LogP contribution in [0.1, 0.15) is 59.8 Å². The molecule has 0 bridgehead atoms. The summed E-state index contributed by atoms with van der Waals surface area (Å²) in [5, 5.41) is 4.20. The van der Waals surface area contributed by atoms with E-state index >= 15 is 0 Å². The number of hydrogen-bond acceptors (Lipinski definition) is 2. The predicted octanol–water partition coefficient (Wildman–Crippen LogP) is 3.09. The van der Waals surface area contributed by atoms with Gasteiger partial charge in [-0.1, -0.05) is 33.6 Å². The van der Waals surface area contributed by atoms with E-state index in [1.165, 1.54) is 25.7 Å². The van der Waals surface area contributed by atoms with Crippen molar-refractivity contribution in [3.05, 3.63) is 0 Å². The van der Waals surface area contributed by atoms with E-state index in [9.17, 15) is 4.21 Å². The molecule has 1 N–H and O–H groups in total. The zero-order valence-electron chi connectivity index (χ0n) is 11.9. The molecule has 2 nitrogen and oxygen atoms in total. The highest BCUT2D eigenvalue weighted by atomic mass is 32.2. The minimum atomic E-state index is -0.636. The van der Waals surface area contributed by atoms with E-state index in [-0.39, 0.29) is 0 Å². The Morgan fingerprint density at radius 2 is 2.06 bits per heavy atom.